The number of ether oxygens (including phenoxy) is 1. The summed E-state index contributed by atoms with van der Waals surface area (Å²) in [5.41, 5.74) is 7.12. The molecule has 5 N–H and O–H groups in total. The highest BCUT2D eigenvalue weighted by molar-refractivity contribution is 6.03. The van der Waals surface area contributed by atoms with Crippen LogP contribution in [0.4, 0.5) is 20.6 Å². The van der Waals surface area contributed by atoms with Crippen LogP contribution in [0, 0.1) is 11.7 Å². The Balaban J connectivity index is 1.75. The third kappa shape index (κ3) is 6.91. The Bertz CT molecular complexity index is 1250. The zero-order chi connectivity index (χ0) is 25.4. The third-order valence-corrected chi connectivity index (χ3v) is 5.03. The number of imide groups is 1. The van der Waals surface area contributed by atoms with Crippen LogP contribution >= 0.6 is 0 Å². The first kappa shape index (κ1) is 25.0. The summed E-state index contributed by atoms with van der Waals surface area (Å²) < 4.78 is 19.4. The monoisotopic (exact) mass is 477 g/mol. The molecule has 0 aliphatic carbocycles. The Morgan fingerprint density at radius 3 is 2.40 bits per heavy atom. The van der Waals surface area contributed by atoms with E-state index in [4.69, 9.17) is 10.5 Å². The SMILES string of the molecule is C[C@@H](/C=C/C(=O)Nc1ccccc1N)[C@@H](OC(=O)NC(=O)c1ccccc1)c1ccc(O)c(F)c1. The number of amides is 3. The van der Waals surface area contributed by atoms with Crippen LogP contribution in [-0.2, 0) is 9.53 Å². The largest absolute Gasteiger partial charge is 0.505 e. The summed E-state index contributed by atoms with van der Waals surface area (Å²) in [5, 5.41) is 14.3. The number of phenolic OH excluding ortho intramolecular Hbond substituents is 1. The number of nitrogen functional groups attached to an aromatic ring is 1. The standard InChI is InChI=1S/C26H24FN3O5/c1-16(11-14-23(32)29-21-10-6-5-9-20(21)28)24(18-12-13-22(31)19(27)15-18)35-26(34)30-25(33)17-7-3-2-4-8-17/h2-16,24,31H,28H2,1H3,(H,29,32)(H,30,33,34)/b14-11+/t16-,24+/m0/s1. The van der Waals surface area contributed by atoms with Crippen LogP contribution in [0.15, 0.2) is 84.9 Å². The van der Waals surface area contributed by atoms with Gasteiger partial charge in [-0.25, -0.2) is 9.18 Å². The Kier molecular flexibility index (Phi) is 8.18. The van der Waals surface area contributed by atoms with Crippen molar-refractivity contribution in [1.29, 1.82) is 0 Å². The fourth-order valence-electron chi connectivity index (χ4n) is 3.20. The zero-order valence-corrected chi connectivity index (χ0v) is 18.8. The van der Waals surface area contributed by atoms with E-state index < -0.39 is 41.5 Å². The van der Waals surface area contributed by atoms with Crippen LogP contribution in [-0.4, -0.2) is 23.0 Å². The lowest BCUT2D eigenvalue weighted by Gasteiger charge is -2.23. The molecule has 0 fully saturated rings. The van der Waals surface area contributed by atoms with Crippen molar-refractivity contribution < 1.29 is 28.6 Å². The molecule has 9 heteroatoms. The minimum atomic E-state index is -1.08. The number of carbonyl (C=O) groups excluding carboxylic acids is 3. The van der Waals surface area contributed by atoms with E-state index in [1.807, 2.05) is 0 Å². The molecule has 0 heterocycles. The number of halogens is 1. The van der Waals surface area contributed by atoms with E-state index in [-0.39, 0.29) is 11.1 Å². The van der Waals surface area contributed by atoms with Gasteiger partial charge in [0.25, 0.3) is 5.91 Å². The fourth-order valence-corrected chi connectivity index (χ4v) is 3.20. The van der Waals surface area contributed by atoms with Gasteiger partial charge in [0.15, 0.2) is 11.6 Å². The van der Waals surface area contributed by atoms with Gasteiger partial charge in [0.05, 0.1) is 11.4 Å². The van der Waals surface area contributed by atoms with Crippen molar-refractivity contribution in [2.24, 2.45) is 5.92 Å². The summed E-state index contributed by atoms with van der Waals surface area (Å²) in [5.74, 6) is -3.26. The number of hydrogen-bond donors (Lipinski definition) is 4. The van der Waals surface area contributed by atoms with Crippen molar-refractivity contribution >= 4 is 29.3 Å². The molecule has 180 valence electrons. The lowest BCUT2D eigenvalue weighted by atomic mass is 9.96. The second-order valence-electron chi connectivity index (χ2n) is 7.65. The van der Waals surface area contributed by atoms with E-state index in [2.05, 4.69) is 10.6 Å². The van der Waals surface area contributed by atoms with Crippen LogP contribution in [0.1, 0.15) is 28.9 Å². The van der Waals surface area contributed by atoms with Crippen LogP contribution in [0.3, 0.4) is 0 Å². The first-order valence-electron chi connectivity index (χ1n) is 10.6. The number of phenols is 1. The van der Waals surface area contributed by atoms with Crippen molar-refractivity contribution in [2.75, 3.05) is 11.1 Å². The first-order valence-corrected chi connectivity index (χ1v) is 10.6. The normalized spacial score (nSPS) is 12.5. The number of hydrogen-bond acceptors (Lipinski definition) is 6. The number of carbonyl (C=O) groups is 3. The van der Waals surface area contributed by atoms with Crippen LogP contribution in [0.5, 0.6) is 5.75 Å². The van der Waals surface area contributed by atoms with Crippen molar-refractivity contribution in [1.82, 2.24) is 5.32 Å². The molecule has 3 aromatic rings. The molecule has 0 radical (unpaired) electrons. The molecule has 3 rings (SSSR count). The second-order valence-corrected chi connectivity index (χ2v) is 7.65. The second kappa shape index (κ2) is 11.5. The van der Waals surface area contributed by atoms with Gasteiger partial charge in [0.2, 0.25) is 5.91 Å². The van der Waals surface area contributed by atoms with Crippen molar-refractivity contribution in [3.8, 4) is 5.75 Å². The number of nitrogens with two attached hydrogens (primary N) is 1. The maximum absolute atomic E-state index is 14.0. The molecule has 8 nitrogen and oxygen atoms in total. The van der Waals surface area contributed by atoms with Gasteiger partial charge in [0, 0.05) is 11.5 Å². The van der Waals surface area contributed by atoms with Crippen LogP contribution < -0.4 is 16.4 Å². The summed E-state index contributed by atoms with van der Waals surface area (Å²) in [6, 6.07) is 18.3. The molecule has 3 aromatic carbocycles. The quantitative estimate of drug-likeness (QED) is 0.292. The molecule has 0 unspecified atom stereocenters. The van der Waals surface area contributed by atoms with E-state index >= 15 is 0 Å². The molecular weight excluding hydrogens is 453 g/mol. The molecule has 0 saturated carbocycles. The zero-order valence-electron chi connectivity index (χ0n) is 18.8. The molecule has 0 saturated heterocycles. The maximum atomic E-state index is 14.0. The number of nitrogens with one attached hydrogen (secondary N) is 2. The van der Waals surface area contributed by atoms with Gasteiger partial charge in [-0.1, -0.05) is 49.4 Å². The molecular formula is C26H24FN3O5. The minimum Gasteiger partial charge on any atom is -0.505 e. The van der Waals surface area contributed by atoms with Crippen LogP contribution in [0.25, 0.3) is 0 Å². The van der Waals surface area contributed by atoms with Gasteiger partial charge < -0.3 is 20.9 Å². The highest BCUT2D eigenvalue weighted by atomic mass is 19.1. The Labute approximate surface area is 201 Å². The summed E-state index contributed by atoms with van der Waals surface area (Å²) in [7, 11) is 0. The van der Waals surface area contributed by atoms with Gasteiger partial charge >= 0.3 is 6.09 Å². The van der Waals surface area contributed by atoms with E-state index in [9.17, 15) is 23.9 Å². The Morgan fingerprint density at radius 2 is 1.71 bits per heavy atom. The number of benzene rings is 3. The third-order valence-electron chi connectivity index (χ3n) is 5.03. The molecule has 0 aromatic heterocycles. The molecule has 2 atom stereocenters. The molecule has 0 aliphatic rings. The smallest absolute Gasteiger partial charge is 0.414 e. The molecule has 3 amide bonds. The van der Waals surface area contributed by atoms with E-state index in [1.165, 1.54) is 30.4 Å². The number of alkyl carbamates (subject to hydrolysis) is 1. The average molecular weight is 477 g/mol. The Morgan fingerprint density at radius 1 is 1.03 bits per heavy atom. The van der Waals surface area contributed by atoms with Crippen molar-refractivity contribution in [3.05, 3.63) is 102 Å². The minimum absolute atomic E-state index is 0.215. The van der Waals surface area contributed by atoms with Gasteiger partial charge in [-0.15, -0.1) is 0 Å². The van der Waals surface area contributed by atoms with Gasteiger partial charge in [0.1, 0.15) is 6.10 Å². The highest BCUT2D eigenvalue weighted by Crippen LogP contribution is 2.30. The van der Waals surface area contributed by atoms with E-state index in [0.29, 0.717) is 11.4 Å². The summed E-state index contributed by atoms with van der Waals surface area (Å²) >= 11 is 0. The van der Waals surface area contributed by atoms with E-state index in [0.717, 1.165) is 12.1 Å². The fraction of sp³-hybridized carbons (Fsp3) is 0.115. The molecule has 35 heavy (non-hydrogen) atoms. The molecule has 0 aliphatic heterocycles. The van der Waals surface area contributed by atoms with E-state index in [1.54, 1.807) is 49.4 Å². The maximum Gasteiger partial charge on any atom is 0.414 e. The topological polar surface area (TPSA) is 131 Å². The predicted octanol–water partition coefficient (Wildman–Crippen LogP) is 4.55. The number of para-hydroxylation sites is 2. The average Bonchev–Trinajstić information content (AvgIpc) is 2.85. The van der Waals surface area contributed by atoms with Crippen LogP contribution in [0.2, 0.25) is 0 Å². The first-order chi connectivity index (χ1) is 16.7. The highest BCUT2D eigenvalue weighted by Gasteiger charge is 2.25. The summed E-state index contributed by atoms with van der Waals surface area (Å²) in [6.45, 7) is 1.64. The molecule has 0 spiro atoms. The predicted molar refractivity (Wildman–Crippen MR) is 129 cm³/mol. The van der Waals surface area contributed by atoms with Gasteiger partial charge in [-0.2, -0.15) is 0 Å². The van der Waals surface area contributed by atoms with Crippen molar-refractivity contribution in [2.45, 2.75) is 13.0 Å². The Hall–Kier alpha value is -4.66. The molecule has 0 bridgehead atoms. The summed E-state index contributed by atoms with van der Waals surface area (Å²) in [6.07, 6.45) is 0.562. The number of aromatic hydroxyl groups is 1. The van der Waals surface area contributed by atoms with Crippen molar-refractivity contribution in [3.63, 3.8) is 0 Å². The lowest BCUT2D eigenvalue weighted by molar-refractivity contribution is -0.111. The summed E-state index contributed by atoms with van der Waals surface area (Å²) in [4.78, 5) is 37.1. The number of anilines is 2. The van der Waals surface area contributed by atoms with Gasteiger partial charge in [-0.3, -0.25) is 14.9 Å². The lowest BCUT2D eigenvalue weighted by Crippen LogP contribution is -2.33. The van der Waals surface area contributed by atoms with Gasteiger partial charge in [-0.05, 0) is 48.0 Å². The number of rotatable bonds is 7.